The summed E-state index contributed by atoms with van der Waals surface area (Å²) in [7, 11) is 0. The minimum atomic E-state index is -4.45. The number of hydrogen-bond acceptors (Lipinski definition) is 2. The summed E-state index contributed by atoms with van der Waals surface area (Å²) in [5.74, 6) is -0.800. The van der Waals surface area contributed by atoms with E-state index in [1.807, 2.05) is 0 Å². The summed E-state index contributed by atoms with van der Waals surface area (Å²) in [6, 6.07) is 10.3. The topological polar surface area (TPSA) is 46.2 Å². The van der Waals surface area contributed by atoms with Gasteiger partial charge >= 0.3 is 6.18 Å². The third kappa shape index (κ3) is 3.52. The van der Waals surface area contributed by atoms with Gasteiger partial charge in [0.1, 0.15) is 0 Å². The van der Waals surface area contributed by atoms with Crippen molar-refractivity contribution in [2.45, 2.75) is 13.1 Å². The molecule has 114 valence electrons. The van der Waals surface area contributed by atoms with Crippen LogP contribution in [0.2, 0.25) is 0 Å². The lowest BCUT2D eigenvalue weighted by molar-refractivity contribution is -0.137. The lowest BCUT2D eigenvalue weighted by Gasteiger charge is -2.10. The van der Waals surface area contributed by atoms with Crippen molar-refractivity contribution in [1.82, 2.24) is 0 Å². The first-order chi connectivity index (χ1) is 10.3. The smallest absolute Gasteiger partial charge is 0.321 e. The number of para-hydroxylation sites is 1. The highest BCUT2D eigenvalue weighted by Gasteiger charge is 2.30. The molecule has 2 rings (SSSR count). The van der Waals surface area contributed by atoms with Gasteiger partial charge in [0.25, 0.3) is 5.91 Å². The van der Waals surface area contributed by atoms with Gasteiger partial charge in [0.15, 0.2) is 5.78 Å². The Balaban J connectivity index is 2.22. The van der Waals surface area contributed by atoms with Gasteiger partial charge in [-0.25, -0.2) is 0 Å². The van der Waals surface area contributed by atoms with Crippen LogP contribution in [-0.2, 0) is 6.18 Å². The van der Waals surface area contributed by atoms with E-state index in [4.69, 9.17) is 0 Å². The molecule has 0 aliphatic rings. The number of carbonyl (C=O) groups excluding carboxylic acids is 2. The summed E-state index contributed by atoms with van der Waals surface area (Å²) >= 11 is 0. The number of alkyl halides is 3. The normalized spacial score (nSPS) is 11.1. The lowest BCUT2D eigenvalue weighted by atomic mass is 10.1. The molecule has 0 aliphatic carbocycles. The van der Waals surface area contributed by atoms with Gasteiger partial charge in [0.05, 0.1) is 11.3 Å². The molecule has 0 fully saturated rings. The van der Waals surface area contributed by atoms with E-state index in [9.17, 15) is 22.8 Å². The number of rotatable bonds is 3. The average Bonchev–Trinajstić information content (AvgIpc) is 2.46. The summed E-state index contributed by atoms with van der Waals surface area (Å²) in [6.45, 7) is 1.36. The van der Waals surface area contributed by atoms with E-state index < -0.39 is 17.6 Å². The maximum atomic E-state index is 12.5. The zero-order valence-electron chi connectivity index (χ0n) is 11.6. The van der Waals surface area contributed by atoms with Gasteiger partial charge in [-0.2, -0.15) is 13.2 Å². The maximum Gasteiger partial charge on any atom is 0.416 e. The van der Waals surface area contributed by atoms with Crippen LogP contribution in [0.3, 0.4) is 0 Å². The minimum Gasteiger partial charge on any atom is -0.321 e. The second kappa shape index (κ2) is 6.01. The van der Waals surface area contributed by atoms with Gasteiger partial charge < -0.3 is 5.32 Å². The fraction of sp³-hybridized carbons (Fsp3) is 0.125. The molecular formula is C16H12F3NO2. The van der Waals surface area contributed by atoms with Crippen molar-refractivity contribution in [1.29, 1.82) is 0 Å². The summed E-state index contributed by atoms with van der Waals surface area (Å²) in [5.41, 5.74) is -0.0952. The Morgan fingerprint density at radius 3 is 2.09 bits per heavy atom. The van der Waals surface area contributed by atoms with Crippen LogP contribution in [0.15, 0.2) is 48.5 Å². The molecule has 2 aromatic rings. The molecule has 1 amide bonds. The summed E-state index contributed by atoms with van der Waals surface area (Å²) in [5, 5.41) is 2.53. The highest BCUT2D eigenvalue weighted by Crippen LogP contribution is 2.29. The number of nitrogens with one attached hydrogen (secondary N) is 1. The Bertz CT molecular complexity index is 706. The van der Waals surface area contributed by atoms with Crippen molar-refractivity contribution in [3.63, 3.8) is 0 Å². The summed E-state index contributed by atoms with van der Waals surface area (Å²) in [6.07, 6.45) is -4.45. The standard InChI is InChI=1S/C16H12F3NO2/c1-10(21)13-4-2-3-5-14(13)20-15(22)11-6-8-12(9-7-11)16(17,18)19/h2-9H,1H3,(H,20,22). The number of amides is 1. The highest BCUT2D eigenvalue weighted by atomic mass is 19.4. The molecule has 0 radical (unpaired) electrons. The molecular weight excluding hydrogens is 295 g/mol. The molecule has 0 aliphatic heterocycles. The molecule has 0 heterocycles. The third-order valence-electron chi connectivity index (χ3n) is 3.03. The van der Waals surface area contributed by atoms with Crippen molar-refractivity contribution in [3.8, 4) is 0 Å². The Kier molecular flexibility index (Phi) is 4.30. The van der Waals surface area contributed by atoms with Crippen LogP contribution < -0.4 is 5.32 Å². The third-order valence-corrected chi connectivity index (χ3v) is 3.03. The number of halogens is 3. The fourth-order valence-corrected chi connectivity index (χ4v) is 1.90. The van der Waals surface area contributed by atoms with Crippen LogP contribution in [0.1, 0.15) is 33.2 Å². The molecule has 0 aromatic heterocycles. The van der Waals surface area contributed by atoms with Crippen LogP contribution in [0.25, 0.3) is 0 Å². The lowest BCUT2D eigenvalue weighted by Crippen LogP contribution is -2.14. The van der Waals surface area contributed by atoms with Gasteiger partial charge in [-0.1, -0.05) is 12.1 Å². The number of ketones is 1. The van der Waals surface area contributed by atoms with Crippen LogP contribution in [-0.4, -0.2) is 11.7 Å². The summed E-state index contributed by atoms with van der Waals surface area (Å²) < 4.78 is 37.4. The van der Waals surface area contributed by atoms with E-state index in [1.165, 1.54) is 6.92 Å². The Hall–Kier alpha value is -2.63. The first-order valence-electron chi connectivity index (χ1n) is 6.37. The van der Waals surface area contributed by atoms with E-state index in [0.29, 0.717) is 11.3 Å². The van der Waals surface area contributed by atoms with Gasteiger partial charge in [0, 0.05) is 11.1 Å². The maximum absolute atomic E-state index is 12.5. The van der Waals surface area contributed by atoms with Gasteiger partial charge in [-0.3, -0.25) is 9.59 Å². The molecule has 0 bridgehead atoms. The quantitative estimate of drug-likeness (QED) is 0.865. The van der Waals surface area contributed by atoms with Crippen LogP contribution in [0.5, 0.6) is 0 Å². The largest absolute Gasteiger partial charge is 0.416 e. The molecule has 2 aromatic carbocycles. The van der Waals surface area contributed by atoms with Gasteiger partial charge in [-0.15, -0.1) is 0 Å². The second-order valence-corrected chi connectivity index (χ2v) is 4.63. The van der Waals surface area contributed by atoms with Crippen molar-refractivity contribution in [3.05, 3.63) is 65.2 Å². The monoisotopic (exact) mass is 307 g/mol. The number of Topliss-reactive ketones (excluding diaryl/α,β-unsaturated/α-hetero) is 1. The number of benzene rings is 2. The molecule has 0 atom stereocenters. The minimum absolute atomic E-state index is 0.0753. The zero-order chi connectivity index (χ0) is 16.3. The van der Waals surface area contributed by atoms with Crippen molar-refractivity contribution >= 4 is 17.4 Å². The molecule has 22 heavy (non-hydrogen) atoms. The number of hydrogen-bond donors (Lipinski definition) is 1. The van der Waals surface area contributed by atoms with E-state index in [1.54, 1.807) is 24.3 Å². The Labute approximate surface area is 124 Å². The highest BCUT2D eigenvalue weighted by molar-refractivity contribution is 6.08. The molecule has 3 nitrogen and oxygen atoms in total. The van der Waals surface area contributed by atoms with Gasteiger partial charge in [0.2, 0.25) is 0 Å². The Morgan fingerprint density at radius 1 is 0.955 bits per heavy atom. The van der Waals surface area contributed by atoms with Crippen molar-refractivity contribution in [2.75, 3.05) is 5.32 Å². The van der Waals surface area contributed by atoms with Crippen molar-refractivity contribution in [2.24, 2.45) is 0 Å². The number of carbonyl (C=O) groups is 2. The van der Waals surface area contributed by atoms with Crippen LogP contribution >= 0.6 is 0 Å². The van der Waals surface area contributed by atoms with E-state index in [0.717, 1.165) is 24.3 Å². The zero-order valence-corrected chi connectivity index (χ0v) is 11.6. The summed E-state index contributed by atoms with van der Waals surface area (Å²) in [4.78, 5) is 23.5. The number of anilines is 1. The van der Waals surface area contributed by atoms with E-state index >= 15 is 0 Å². The Morgan fingerprint density at radius 2 is 1.55 bits per heavy atom. The van der Waals surface area contributed by atoms with Gasteiger partial charge in [-0.05, 0) is 43.3 Å². The van der Waals surface area contributed by atoms with E-state index in [-0.39, 0.29) is 11.3 Å². The fourth-order valence-electron chi connectivity index (χ4n) is 1.90. The van der Waals surface area contributed by atoms with Crippen LogP contribution in [0, 0.1) is 0 Å². The molecule has 0 spiro atoms. The first-order valence-corrected chi connectivity index (χ1v) is 6.37. The average molecular weight is 307 g/mol. The van der Waals surface area contributed by atoms with Crippen molar-refractivity contribution < 1.29 is 22.8 Å². The first kappa shape index (κ1) is 15.8. The predicted octanol–water partition coefficient (Wildman–Crippen LogP) is 4.16. The SMILES string of the molecule is CC(=O)c1ccccc1NC(=O)c1ccc(C(F)(F)F)cc1. The molecule has 6 heteroatoms. The predicted molar refractivity (Wildman–Crippen MR) is 75.8 cm³/mol. The molecule has 0 saturated heterocycles. The molecule has 0 unspecified atom stereocenters. The molecule has 1 N–H and O–H groups in total. The second-order valence-electron chi connectivity index (χ2n) is 4.63. The van der Waals surface area contributed by atoms with Crippen LogP contribution in [0.4, 0.5) is 18.9 Å². The van der Waals surface area contributed by atoms with E-state index in [2.05, 4.69) is 5.32 Å². The molecule has 0 saturated carbocycles.